The van der Waals surface area contributed by atoms with Crippen molar-refractivity contribution in [2.75, 3.05) is 19.6 Å². The van der Waals surface area contributed by atoms with Crippen LogP contribution in [0.2, 0.25) is 0 Å². The molecular formula is C16H30Cl2N2O2. The van der Waals surface area contributed by atoms with Gasteiger partial charge < -0.3 is 20.8 Å². The van der Waals surface area contributed by atoms with Gasteiger partial charge in [-0.05, 0) is 58.5 Å². The third-order valence-corrected chi connectivity index (χ3v) is 6.23. The summed E-state index contributed by atoms with van der Waals surface area (Å²) in [6, 6.07) is -0.0234. The van der Waals surface area contributed by atoms with Crippen LogP contribution in [0, 0.1) is 11.8 Å². The van der Waals surface area contributed by atoms with E-state index in [4.69, 9.17) is 28.9 Å². The highest BCUT2D eigenvalue weighted by atomic mass is 35.5. The molecule has 4 N–H and O–H groups in total. The number of rotatable bonds is 4. The molecule has 0 radical (unpaired) electrons. The number of hydrogen-bond acceptors (Lipinski definition) is 4. The van der Waals surface area contributed by atoms with Crippen LogP contribution in [-0.4, -0.2) is 63.2 Å². The SMILES string of the molecule is CC(C)(O)CN1CCC(C(N)C2CC(Cl)C(Cl)CC2O)CC1. The normalized spacial score (nSPS) is 37.2. The summed E-state index contributed by atoms with van der Waals surface area (Å²) in [7, 11) is 0. The van der Waals surface area contributed by atoms with E-state index < -0.39 is 11.7 Å². The highest BCUT2D eigenvalue weighted by Crippen LogP contribution is 2.36. The second kappa shape index (κ2) is 7.54. The van der Waals surface area contributed by atoms with Crippen LogP contribution in [0.25, 0.3) is 0 Å². The van der Waals surface area contributed by atoms with Gasteiger partial charge in [0, 0.05) is 18.5 Å². The Labute approximate surface area is 143 Å². The van der Waals surface area contributed by atoms with Gasteiger partial charge in [0.05, 0.1) is 22.5 Å². The highest BCUT2D eigenvalue weighted by molar-refractivity contribution is 6.30. The number of hydrogen-bond donors (Lipinski definition) is 3. The van der Waals surface area contributed by atoms with Gasteiger partial charge in [0.25, 0.3) is 0 Å². The number of alkyl halides is 2. The Morgan fingerprint density at radius 2 is 1.73 bits per heavy atom. The van der Waals surface area contributed by atoms with Crippen LogP contribution in [0.4, 0.5) is 0 Å². The van der Waals surface area contributed by atoms with Crippen LogP contribution >= 0.6 is 23.2 Å². The zero-order valence-electron chi connectivity index (χ0n) is 13.6. The van der Waals surface area contributed by atoms with Crippen molar-refractivity contribution < 1.29 is 10.2 Å². The molecule has 0 aromatic rings. The molecule has 0 spiro atoms. The molecule has 130 valence electrons. The van der Waals surface area contributed by atoms with Crippen molar-refractivity contribution in [3.63, 3.8) is 0 Å². The smallest absolute Gasteiger partial charge is 0.0718 e. The van der Waals surface area contributed by atoms with Crippen molar-refractivity contribution in [2.45, 2.75) is 68.0 Å². The molecule has 1 saturated carbocycles. The minimum atomic E-state index is -0.657. The van der Waals surface area contributed by atoms with Gasteiger partial charge in [-0.25, -0.2) is 0 Å². The van der Waals surface area contributed by atoms with Crippen LogP contribution in [-0.2, 0) is 0 Å². The van der Waals surface area contributed by atoms with Crippen LogP contribution < -0.4 is 5.73 Å². The van der Waals surface area contributed by atoms with Crippen LogP contribution in [0.1, 0.15) is 39.5 Å². The molecule has 1 heterocycles. The maximum atomic E-state index is 10.3. The minimum Gasteiger partial charge on any atom is -0.393 e. The van der Waals surface area contributed by atoms with E-state index in [0.29, 0.717) is 25.3 Å². The predicted molar refractivity (Wildman–Crippen MR) is 91.5 cm³/mol. The zero-order valence-corrected chi connectivity index (χ0v) is 15.1. The zero-order chi connectivity index (χ0) is 16.5. The first-order chi connectivity index (χ1) is 10.2. The largest absolute Gasteiger partial charge is 0.393 e. The molecule has 2 rings (SSSR count). The first-order valence-electron chi connectivity index (χ1n) is 8.34. The summed E-state index contributed by atoms with van der Waals surface area (Å²) in [6.45, 7) is 6.28. The molecule has 0 bridgehead atoms. The van der Waals surface area contributed by atoms with E-state index in [-0.39, 0.29) is 22.7 Å². The quantitative estimate of drug-likeness (QED) is 0.674. The molecule has 1 saturated heterocycles. The van der Waals surface area contributed by atoms with Crippen LogP contribution in [0.5, 0.6) is 0 Å². The molecule has 22 heavy (non-hydrogen) atoms. The van der Waals surface area contributed by atoms with E-state index in [9.17, 15) is 10.2 Å². The summed E-state index contributed by atoms with van der Waals surface area (Å²) >= 11 is 12.4. The molecule has 5 atom stereocenters. The molecule has 0 amide bonds. The van der Waals surface area contributed by atoms with E-state index >= 15 is 0 Å². The van der Waals surface area contributed by atoms with Gasteiger partial charge in [-0.2, -0.15) is 0 Å². The van der Waals surface area contributed by atoms with Gasteiger partial charge >= 0.3 is 0 Å². The second-order valence-corrected chi connectivity index (χ2v) is 8.86. The van der Waals surface area contributed by atoms with Gasteiger partial charge in [-0.3, -0.25) is 0 Å². The summed E-state index contributed by atoms with van der Waals surface area (Å²) in [5, 5.41) is 19.9. The summed E-state index contributed by atoms with van der Waals surface area (Å²) in [5.74, 6) is 0.455. The molecule has 2 aliphatic rings. The van der Waals surface area contributed by atoms with Crippen molar-refractivity contribution in [3.8, 4) is 0 Å². The monoisotopic (exact) mass is 352 g/mol. The Morgan fingerprint density at radius 1 is 1.18 bits per heavy atom. The van der Waals surface area contributed by atoms with Gasteiger partial charge in [-0.1, -0.05) is 0 Å². The van der Waals surface area contributed by atoms with Gasteiger partial charge in [0.2, 0.25) is 0 Å². The highest BCUT2D eigenvalue weighted by Gasteiger charge is 2.40. The lowest BCUT2D eigenvalue weighted by molar-refractivity contribution is 0.0103. The lowest BCUT2D eigenvalue weighted by Crippen LogP contribution is -2.52. The molecular weight excluding hydrogens is 323 g/mol. The lowest BCUT2D eigenvalue weighted by atomic mass is 9.74. The van der Waals surface area contributed by atoms with Crippen molar-refractivity contribution >= 4 is 23.2 Å². The van der Waals surface area contributed by atoms with E-state index in [1.807, 2.05) is 13.8 Å². The Morgan fingerprint density at radius 3 is 2.27 bits per heavy atom. The number of aliphatic hydroxyl groups excluding tert-OH is 1. The molecule has 1 aliphatic carbocycles. The molecule has 4 nitrogen and oxygen atoms in total. The topological polar surface area (TPSA) is 69.7 Å². The maximum absolute atomic E-state index is 10.3. The first-order valence-corrected chi connectivity index (χ1v) is 9.21. The summed E-state index contributed by atoms with van der Waals surface area (Å²) in [5.41, 5.74) is 5.81. The summed E-state index contributed by atoms with van der Waals surface area (Å²) in [6.07, 6.45) is 2.81. The number of aliphatic hydroxyl groups is 2. The average Bonchev–Trinajstić information content (AvgIpc) is 2.41. The van der Waals surface area contributed by atoms with E-state index in [1.165, 1.54) is 0 Å². The molecule has 1 aliphatic heterocycles. The van der Waals surface area contributed by atoms with Gasteiger partial charge in [0.15, 0.2) is 0 Å². The summed E-state index contributed by atoms with van der Waals surface area (Å²) < 4.78 is 0. The number of likely N-dealkylation sites (tertiary alicyclic amines) is 1. The number of halogens is 2. The Hall–Kier alpha value is 0.420. The lowest BCUT2D eigenvalue weighted by Gasteiger charge is -2.43. The molecule has 0 aromatic heterocycles. The number of piperidine rings is 1. The number of nitrogens with zero attached hydrogens (tertiary/aromatic N) is 1. The Balaban J connectivity index is 1.85. The molecule has 5 unspecified atom stereocenters. The van der Waals surface area contributed by atoms with Crippen LogP contribution in [0.3, 0.4) is 0 Å². The Bertz CT molecular complexity index is 357. The third kappa shape index (κ3) is 4.96. The van der Waals surface area contributed by atoms with Crippen molar-refractivity contribution in [3.05, 3.63) is 0 Å². The minimum absolute atomic E-state index is 0.0234. The van der Waals surface area contributed by atoms with Gasteiger partial charge in [0.1, 0.15) is 0 Å². The predicted octanol–water partition coefficient (Wildman–Crippen LogP) is 1.78. The fourth-order valence-electron chi connectivity index (χ4n) is 3.92. The molecule has 2 fully saturated rings. The fourth-order valence-corrected chi connectivity index (χ4v) is 4.52. The molecule has 6 heteroatoms. The summed E-state index contributed by atoms with van der Waals surface area (Å²) in [4.78, 5) is 2.29. The number of β-amino-alcohol motifs (C(OH)–C–C–N with tert-alkyl or cyclic N) is 1. The van der Waals surface area contributed by atoms with Crippen LogP contribution in [0.15, 0.2) is 0 Å². The third-order valence-electron chi connectivity index (χ3n) is 5.13. The standard InChI is InChI=1S/C16H30Cl2N2O2/c1-16(2,22)9-20-5-3-10(4-6-20)15(19)11-7-12(17)13(18)8-14(11)21/h10-15,21-22H,3-9,19H2,1-2H3. The van der Waals surface area contributed by atoms with Crippen molar-refractivity contribution in [1.82, 2.24) is 4.90 Å². The number of nitrogens with two attached hydrogens (primary N) is 1. The average molecular weight is 353 g/mol. The van der Waals surface area contributed by atoms with Gasteiger partial charge in [-0.15, -0.1) is 23.2 Å². The van der Waals surface area contributed by atoms with Crippen molar-refractivity contribution in [1.29, 1.82) is 0 Å². The molecule has 0 aromatic carbocycles. The maximum Gasteiger partial charge on any atom is 0.0718 e. The Kier molecular flexibility index (Phi) is 6.43. The van der Waals surface area contributed by atoms with Crippen molar-refractivity contribution in [2.24, 2.45) is 17.6 Å². The van der Waals surface area contributed by atoms with E-state index in [2.05, 4.69) is 4.90 Å². The fraction of sp³-hybridized carbons (Fsp3) is 1.00. The first kappa shape index (κ1) is 18.8. The van der Waals surface area contributed by atoms with E-state index in [1.54, 1.807) is 0 Å². The second-order valence-electron chi connectivity index (χ2n) is 7.74. The van der Waals surface area contributed by atoms with E-state index in [0.717, 1.165) is 25.9 Å².